The van der Waals surface area contributed by atoms with Gasteiger partial charge < -0.3 is 20.1 Å². The topological polar surface area (TPSA) is 59.6 Å². The van der Waals surface area contributed by atoms with E-state index in [1.807, 2.05) is 25.1 Å². The molecule has 3 atom stereocenters. The van der Waals surface area contributed by atoms with E-state index in [1.54, 1.807) is 14.2 Å². The van der Waals surface area contributed by atoms with E-state index >= 15 is 0 Å². The average Bonchev–Trinajstić information content (AvgIpc) is 2.92. The van der Waals surface area contributed by atoms with Crippen molar-refractivity contribution in [2.24, 2.45) is 11.8 Å². The lowest BCUT2D eigenvalue weighted by Gasteiger charge is -2.20. The molecule has 1 fully saturated rings. The van der Waals surface area contributed by atoms with E-state index in [0.717, 1.165) is 18.7 Å². The first-order chi connectivity index (χ1) is 10.1. The summed E-state index contributed by atoms with van der Waals surface area (Å²) in [5, 5.41) is 6.33. The molecular weight excluding hydrogens is 268 g/mol. The van der Waals surface area contributed by atoms with Gasteiger partial charge in [-0.3, -0.25) is 4.79 Å². The molecule has 1 heterocycles. The molecule has 1 unspecified atom stereocenters. The molecule has 1 aliphatic rings. The van der Waals surface area contributed by atoms with Gasteiger partial charge in [0.05, 0.1) is 26.2 Å². The van der Waals surface area contributed by atoms with Crippen molar-refractivity contribution in [3.05, 3.63) is 23.8 Å². The SMILES string of the molecule is COc1ccc(C(C)NC(=O)[C@@H]2CNC[C@H]2C)cc1OC. The van der Waals surface area contributed by atoms with E-state index in [2.05, 4.69) is 17.6 Å². The largest absolute Gasteiger partial charge is 0.493 e. The molecule has 1 amide bonds. The number of hydrogen-bond donors (Lipinski definition) is 2. The lowest BCUT2D eigenvalue weighted by Crippen LogP contribution is -2.35. The second kappa shape index (κ2) is 6.80. The number of methoxy groups -OCH3 is 2. The highest BCUT2D eigenvalue weighted by Gasteiger charge is 2.30. The first kappa shape index (κ1) is 15.6. The minimum Gasteiger partial charge on any atom is -0.493 e. The van der Waals surface area contributed by atoms with Gasteiger partial charge in [0.2, 0.25) is 5.91 Å². The molecule has 1 aromatic carbocycles. The number of rotatable bonds is 5. The molecule has 21 heavy (non-hydrogen) atoms. The highest BCUT2D eigenvalue weighted by atomic mass is 16.5. The standard InChI is InChI=1S/C16H24N2O3/c1-10-8-17-9-13(10)16(19)18-11(2)12-5-6-14(20-3)15(7-12)21-4/h5-7,10-11,13,17H,8-9H2,1-4H3,(H,18,19)/t10-,11?,13-/m1/s1. The molecule has 0 aliphatic carbocycles. The summed E-state index contributed by atoms with van der Waals surface area (Å²) in [5.41, 5.74) is 1.000. The Hall–Kier alpha value is -1.75. The van der Waals surface area contributed by atoms with E-state index in [0.29, 0.717) is 17.4 Å². The Morgan fingerprint density at radius 3 is 2.57 bits per heavy atom. The van der Waals surface area contributed by atoms with Gasteiger partial charge in [0.15, 0.2) is 11.5 Å². The van der Waals surface area contributed by atoms with Crippen molar-refractivity contribution < 1.29 is 14.3 Å². The number of amides is 1. The zero-order valence-corrected chi connectivity index (χ0v) is 13.1. The zero-order chi connectivity index (χ0) is 15.4. The van der Waals surface area contributed by atoms with Crippen LogP contribution in [0.2, 0.25) is 0 Å². The van der Waals surface area contributed by atoms with Crippen LogP contribution in [-0.2, 0) is 4.79 Å². The molecule has 0 radical (unpaired) electrons. The number of nitrogens with one attached hydrogen (secondary N) is 2. The lowest BCUT2D eigenvalue weighted by atomic mass is 9.96. The van der Waals surface area contributed by atoms with Gasteiger partial charge in [-0.15, -0.1) is 0 Å². The normalized spacial score (nSPS) is 22.7. The van der Waals surface area contributed by atoms with Crippen LogP contribution in [0.4, 0.5) is 0 Å². The Labute approximate surface area is 126 Å². The third kappa shape index (κ3) is 3.47. The van der Waals surface area contributed by atoms with Crippen LogP contribution in [0.3, 0.4) is 0 Å². The Kier molecular flexibility index (Phi) is 5.07. The van der Waals surface area contributed by atoms with Gasteiger partial charge in [0.1, 0.15) is 0 Å². The summed E-state index contributed by atoms with van der Waals surface area (Å²) >= 11 is 0. The summed E-state index contributed by atoms with van der Waals surface area (Å²) in [7, 11) is 3.22. The maximum atomic E-state index is 12.3. The molecule has 2 N–H and O–H groups in total. The Balaban J connectivity index is 2.06. The molecule has 2 rings (SSSR count). The van der Waals surface area contributed by atoms with E-state index in [9.17, 15) is 4.79 Å². The van der Waals surface area contributed by atoms with Crippen LogP contribution in [0.25, 0.3) is 0 Å². The van der Waals surface area contributed by atoms with Crippen LogP contribution in [0.5, 0.6) is 11.5 Å². The first-order valence-corrected chi connectivity index (χ1v) is 7.29. The van der Waals surface area contributed by atoms with Crippen molar-refractivity contribution in [2.75, 3.05) is 27.3 Å². The number of hydrogen-bond acceptors (Lipinski definition) is 4. The number of carbonyl (C=O) groups excluding carboxylic acids is 1. The van der Waals surface area contributed by atoms with Gasteiger partial charge in [-0.1, -0.05) is 13.0 Å². The Bertz CT molecular complexity index is 504. The smallest absolute Gasteiger partial charge is 0.225 e. The predicted molar refractivity (Wildman–Crippen MR) is 81.6 cm³/mol. The van der Waals surface area contributed by atoms with Crippen molar-refractivity contribution in [1.29, 1.82) is 0 Å². The van der Waals surface area contributed by atoms with Crippen molar-refractivity contribution in [1.82, 2.24) is 10.6 Å². The fourth-order valence-corrected chi connectivity index (χ4v) is 2.69. The summed E-state index contributed by atoms with van der Waals surface area (Å²) in [4.78, 5) is 12.3. The lowest BCUT2D eigenvalue weighted by molar-refractivity contribution is -0.126. The van der Waals surface area contributed by atoms with Crippen LogP contribution in [0, 0.1) is 11.8 Å². The van der Waals surface area contributed by atoms with Gasteiger partial charge in [0.25, 0.3) is 0 Å². The van der Waals surface area contributed by atoms with Crippen molar-refractivity contribution in [3.63, 3.8) is 0 Å². The second-order valence-corrected chi connectivity index (χ2v) is 5.59. The summed E-state index contributed by atoms with van der Waals surface area (Å²) < 4.78 is 10.5. The van der Waals surface area contributed by atoms with Crippen LogP contribution < -0.4 is 20.1 Å². The van der Waals surface area contributed by atoms with Gasteiger partial charge >= 0.3 is 0 Å². The monoisotopic (exact) mass is 292 g/mol. The quantitative estimate of drug-likeness (QED) is 0.868. The predicted octanol–water partition coefficient (Wildman–Crippen LogP) is 1.74. The average molecular weight is 292 g/mol. The van der Waals surface area contributed by atoms with E-state index in [1.165, 1.54) is 0 Å². The zero-order valence-electron chi connectivity index (χ0n) is 13.1. The number of benzene rings is 1. The fraction of sp³-hybridized carbons (Fsp3) is 0.562. The van der Waals surface area contributed by atoms with Gasteiger partial charge in [-0.2, -0.15) is 0 Å². The summed E-state index contributed by atoms with van der Waals surface area (Å²) in [5.74, 6) is 1.89. The van der Waals surface area contributed by atoms with Crippen molar-refractivity contribution in [3.8, 4) is 11.5 Å². The molecule has 5 heteroatoms. The third-order valence-corrected chi connectivity index (χ3v) is 4.12. The van der Waals surface area contributed by atoms with E-state index < -0.39 is 0 Å². The molecule has 0 saturated carbocycles. The van der Waals surface area contributed by atoms with Crippen LogP contribution >= 0.6 is 0 Å². The molecular formula is C16H24N2O3. The molecule has 0 aromatic heterocycles. The van der Waals surface area contributed by atoms with E-state index in [-0.39, 0.29) is 17.9 Å². The maximum Gasteiger partial charge on any atom is 0.225 e. The fourth-order valence-electron chi connectivity index (χ4n) is 2.69. The minimum atomic E-state index is -0.0647. The second-order valence-electron chi connectivity index (χ2n) is 5.59. The van der Waals surface area contributed by atoms with Crippen molar-refractivity contribution in [2.45, 2.75) is 19.9 Å². The molecule has 116 valence electrons. The van der Waals surface area contributed by atoms with Crippen molar-refractivity contribution >= 4 is 5.91 Å². The highest BCUT2D eigenvalue weighted by Crippen LogP contribution is 2.30. The van der Waals surface area contributed by atoms with Crippen LogP contribution in [0.15, 0.2) is 18.2 Å². The summed E-state index contributed by atoms with van der Waals surface area (Å²) in [6.45, 7) is 5.74. The minimum absolute atomic E-state index is 0.0487. The molecule has 0 bridgehead atoms. The van der Waals surface area contributed by atoms with Gasteiger partial charge in [-0.25, -0.2) is 0 Å². The highest BCUT2D eigenvalue weighted by molar-refractivity contribution is 5.80. The Morgan fingerprint density at radius 2 is 2.00 bits per heavy atom. The van der Waals surface area contributed by atoms with Gasteiger partial charge in [-0.05, 0) is 37.1 Å². The molecule has 1 aromatic rings. The Morgan fingerprint density at radius 1 is 1.29 bits per heavy atom. The molecule has 0 spiro atoms. The molecule has 1 saturated heterocycles. The summed E-state index contributed by atoms with van der Waals surface area (Å²) in [6.07, 6.45) is 0. The third-order valence-electron chi connectivity index (χ3n) is 4.12. The summed E-state index contributed by atoms with van der Waals surface area (Å²) in [6, 6.07) is 5.64. The molecule has 5 nitrogen and oxygen atoms in total. The molecule has 1 aliphatic heterocycles. The number of ether oxygens (including phenoxy) is 2. The first-order valence-electron chi connectivity index (χ1n) is 7.29. The number of carbonyl (C=O) groups is 1. The van der Waals surface area contributed by atoms with E-state index in [4.69, 9.17) is 9.47 Å². The maximum absolute atomic E-state index is 12.3. The van der Waals surface area contributed by atoms with Gasteiger partial charge in [0, 0.05) is 6.54 Å². The van der Waals surface area contributed by atoms with Crippen LogP contribution in [0.1, 0.15) is 25.5 Å². The van der Waals surface area contributed by atoms with Crippen LogP contribution in [-0.4, -0.2) is 33.2 Å².